The Morgan fingerprint density at radius 1 is 0.909 bits per heavy atom. The SMILES string of the molecule is Clc1ccc(Cl)cc1.OBO. The van der Waals surface area contributed by atoms with Crippen molar-refractivity contribution >= 4 is 30.9 Å². The molecule has 60 valence electrons. The van der Waals surface area contributed by atoms with Gasteiger partial charge in [0.05, 0.1) is 0 Å². The molecule has 1 aromatic carbocycles. The van der Waals surface area contributed by atoms with Crippen molar-refractivity contribution in [3.63, 3.8) is 0 Å². The van der Waals surface area contributed by atoms with Gasteiger partial charge in [-0.15, -0.1) is 0 Å². The zero-order chi connectivity index (χ0) is 8.69. The summed E-state index contributed by atoms with van der Waals surface area (Å²) in [6, 6.07) is 7.02. The van der Waals surface area contributed by atoms with Gasteiger partial charge in [-0.2, -0.15) is 0 Å². The van der Waals surface area contributed by atoms with Gasteiger partial charge in [-0.1, -0.05) is 23.2 Å². The third kappa shape index (κ3) is 6.19. The van der Waals surface area contributed by atoms with E-state index < -0.39 is 7.69 Å². The Kier molecular flexibility index (Phi) is 6.37. The third-order valence-corrected chi connectivity index (χ3v) is 1.31. The molecule has 0 bridgehead atoms. The Morgan fingerprint density at radius 3 is 1.27 bits per heavy atom. The van der Waals surface area contributed by atoms with E-state index >= 15 is 0 Å². The maximum Gasteiger partial charge on any atom is 0.432 e. The van der Waals surface area contributed by atoms with Crippen molar-refractivity contribution in [2.45, 2.75) is 0 Å². The second-order valence-electron chi connectivity index (χ2n) is 1.58. The van der Waals surface area contributed by atoms with E-state index in [1.54, 1.807) is 24.3 Å². The fourth-order valence-corrected chi connectivity index (χ4v) is 0.682. The zero-order valence-electron chi connectivity index (χ0n) is 5.67. The van der Waals surface area contributed by atoms with Crippen LogP contribution < -0.4 is 0 Å². The van der Waals surface area contributed by atoms with E-state index in [9.17, 15) is 0 Å². The summed E-state index contributed by atoms with van der Waals surface area (Å²) in [6.45, 7) is 0. The van der Waals surface area contributed by atoms with Crippen molar-refractivity contribution in [2.24, 2.45) is 0 Å². The summed E-state index contributed by atoms with van der Waals surface area (Å²) in [5, 5.41) is 15.7. The molecular weight excluding hydrogens is 186 g/mol. The van der Waals surface area contributed by atoms with E-state index in [0.717, 1.165) is 10.0 Å². The van der Waals surface area contributed by atoms with Crippen LogP contribution >= 0.6 is 23.2 Å². The van der Waals surface area contributed by atoms with Gasteiger partial charge in [0.25, 0.3) is 0 Å². The van der Waals surface area contributed by atoms with E-state index in [0.29, 0.717) is 0 Å². The van der Waals surface area contributed by atoms with Gasteiger partial charge < -0.3 is 10.0 Å². The highest BCUT2D eigenvalue weighted by Crippen LogP contribution is 2.12. The van der Waals surface area contributed by atoms with Gasteiger partial charge in [-0.05, 0) is 24.3 Å². The molecule has 0 heterocycles. The Hall–Kier alpha value is -0.215. The summed E-state index contributed by atoms with van der Waals surface area (Å²) >= 11 is 11.1. The van der Waals surface area contributed by atoms with Crippen LogP contribution in [0.4, 0.5) is 0 Å². The van der Waals surface area contributed by atoms with Crippen molar-refractivity contribution in [1.29, 1.82) is 0 Å². The third-order valence-electron chi connectivity index (χ3n) is 0.804. The highest BCUT2D eigenvalue weighted by molar-refractivity contribution is 6.32. The lowest BCUT2D eigenvalue weighted by molar-refractivity contribution is 0.448. The number of hydrogen-bond donors (Lipinski definition) is 2. The number of hydrogen-bond acceptors (Lipinski definition) is 2. The molecule has 1 aromatic rings. The summed E-state index contributed by atoms with van der Waals surface area (Å²) in [5.74, 6) is 0. The Labute approximate surface area is 75.7 Å². The van der Waals surface area contributed by atoms with Gasteiger partial charge in [0.15, 0.2) is 0 Å². The number of halogens is 2. The molecule has 0 aliphatic heterocycles. The molecule has 0 saturated heterocycles. The van der Waals surface area contributed by atoms with Crippen molar-refractivity contribution in [3.8, 4) is 0 Å². The lowest BCUT2D eigenvalue weighted by atomic mass is 10.4. The predicted molar refractivity (Wildman–Crippen MR) is 48.0 cm³/mol. The normalized spacial score (nSPS) is 8.00. The summed E-state index contributed by atoms with van der Waals surface area (Å²) in [6.07, 6.45) is 0. The zero-order valence-corrected chi connectivity index (χ0v) is 7.18. The van der Waals surface area contributed by atoms with E-state index in [2.05, 4.69) is 0 Å². The van der Waals surface area contributed by atoms with Crippen LogP contribution in [-0.2, 0) is 0 Å². The van der Waals surface area contributed by atoms with Gasteiger partial charge in [-0.3, -0.25) is 0 Å². The largest absolute Gasteiger partial charge is 0.432 e. The van der Waals surface area contributed by atoms with Crippen molar-refractivity contribution in [1.82, 2.24) is 0 Å². The molecule has 2 nitrogen and oxygen atoms in total. The molecule has 0 aromatic heterocycles. The molecule has 0 saturated carbocycles. The van der Waals surface area contributed by atoms with Crippen LogP contribution in [0.5, 0.6) is 0 Å². The summed E-state index contributed by atoms with van der Waals surface area (Å²) < 4.78 is 0. The molecule has 2 N–H and O–H groups in total. The number of benzene rings is 1. The topological polar surface area (TPSA) is 40.5 Å². The fourth-order valence-electron chi connectivity index (χ4n) is 0.430. The van der Waals surface area contributed by atoms with E-state index in [-0.39, 0.29) is 0 Å². The van der Waals surface area contributed by atoms with Crippen LogP contribution in [0.15, 0.2) is 24.3 Å². The summed E-state index contributed by atoms with van der Waals surface area (Å²) in [7, 11) is -0.750. The quantitative estimate of drug-likeness (QED) is 0.608. The van der Waals surface area contributed by atoms with Gasteiger partial charge in [0.2, 0.25) is 0 Å². The van der Waals surface area contributed by atoms with Crippen LogP contribution in [0.3, 0.4) is 0 Å². The lowest BCUT2D eigenvalue weighted by Crippen LogP contribution is -1.75. The smallest absolute Gasteiger partial charge is 0.430 e. The lowest BCUT2D eigenvalue weighted by Gasteiger charge is -1.86. The van der Waals surface area contributed by atoms with Gasteiger partial charge in [-0.25, -0.2) is 0 Å². The van der Waals surface area contributed by atoms with E-state index in [4.69, 9.17) is 33.2 Å². The van der Waals surface area contributed by atoms with Crippen LogP contribution in [0, 0.1) is 0 Å². The second-order valence-corrected chi connectivity index (χ2v) is 2.45. The molecule has 0 amide bonds. The monoisotopic (exact) mass is 192 g/mol. The summed E-state index contributed by atoms with van der Waals surface area (Å²) in [4.78, 5) is 0. The van der Waals surface area contributed by atoms with Crippen molar-refractivity contribution in [2.75, 3.05) is 0 Å². The number of rotatable bonds is 0. The average molecular weight is 193 g/mol. The minimum absolute atomic E-state index is 0.717. The van der Waals surface area contributed by atoms with Gasteiger partial charge in [0, 0.05) is 10.0 Å². The first-order valence-electron chi connectivity index (χ1n) is 2.83. The van der Waals surface area contributed by atoms with Gasteiger partial charge in [0.1, 0.15) is 0 Å². The Bertz CT molecular complexity index is 169. The van der Waals surface area contributed by atoms with Gasteiger partial charge >= 0.3 is 7.69 Å². The molecule has 5 heteroatoms. The average Bonchev–Trinajstić information content (AvgIpc) is 1.97. The van der Waals surface area contributed by atoms with Crippen LogP contribution in [0.25, 0.3) is 0 Å². The van der Waals surface area contributed by atoms with Crippen molar-refractivity contribution in [3.05, 3.63) is 34.3 Å². The van der Waals surface area contributed by atoms with Crippen molar-refractivity contribution < 1.29 is 10.0 Å². The molecule has 0 fully saturated rings. The molecular formula is C6H7BCl2O2. The minimum Gasteiger partial charge on any atom is -0.430 e. The first-order valence-corrected chi connectivity index (χ1v) is 3.59. The maximum absolute atomic E-state index is 7.12. The maximum atomic E-state index is 7.12. The molecule has 0 atom stereocenters. The fraction of sp³-hybridized carbons (Fsp3) is 0. The molecule has 0 aliphatic carbocycles. The molecule has 0 unspecified atom stereocenters. The molecule has 0 radical (unpaired) electrons. The molecule has 0 spiro atoms. The highest BCUT2D eigenvalue weighted by atomic mass is 35.5. The molecule has 11 heavy (non-hydrogen) atoms. The predicted octanol–water partition coefficient (Wildman–Crippen LogP) is 1.23. The van der Waals surface area contributed by atoms with E-state index in [1.807, 2.05) is 0 Å². The van der Waals surface area contributed by atoms with Crippen LogP contribution in [0.1, 0.15) is 0 Å². The highest BCUT2D eigenvalue weighted by Gasteiger charge is 1.83. The van der Waals surface area contributed by atoms with Crippen LogP contribution in [0.2, 0.25) is 10.0 Å². The first-order chi connectivity index (χ1) is 5.20. The summed E-state index contributed by atoms with van der Waals surface area (Å²) in [5.41, 5.74) is 0. The Morgan fingerprint density at radius 2 is 1.09 bits per heavy atom. The molecule has 0 aliphatic rings. The molecule has 1 rings (SSSR count). The first kappa shape index (κ1) is 10.8. The standard InChI is InChI=1S/C6H4Cl2.BH3O2/c7-5-1-2-6(8)4-3-5;2-1-3/h1-4H;1-3H. The minimum atomic E-state index is -0.750. The van der Waals surface area contributed by atoms with Crippen LogP contribution in [-0.4, -0.2) is 17.7 Å². The van der Waals surface area contributed by atoms with E-state index in [1.165, 1.54) is 0 Å². The second kappa shape index (κ2) is 6.49. The Balaban J connectivity index is 0.000000292.